The summed E-state index contributed by atoms with van der Waals surface area (Å²) in [6.07, 6.45) is -4.71. The molecule has 0 bridgehead atoms. The number of hydrogen-bond acceptors (Lipinski definition) is 6. The highest BCUT2D eigenvalue weighted by atomic mass is 32.1. The molecule has 11 heteroatoms. The number of fused-ring (bicyclic) bond motifs is 1. The maximum absolute atomic E-state index is 13.3. The average molecular weight is 533 g/mol. The summed E-state index contributed by atoms with van der Waals surface area (Å²) in [4.78, 5) is 25.4. The molecule has 0 amide bonds. The van der Waals surface area contributed by atoms with Crippen LogP contribution in [0.4, 0.5) is 23.9 Å². The Bertz CT molecular complexity index is 1510. The maximum atomic E-state index is 13.3. The number of carbonyl (C=O) groups excluding carboxylic acids is 1. The average Bonchev–Trinajstić information content (AvgIpc) is 3.13. The molecule has 2 aromatic heterocycles. The van der Waals surface area contributed by atoms with Gasteiger partial charge in [0.2, 0.25) is 0 Å². The van der Waals surface area contributed by atoms with Crippen LogP contribution in [0.15, 0.2) is 63.8 Å². The van der Waals surface area contributed by atoms with Gasteiger partial charge in [-0.05, 0) is 43.8 Å². The lowest BCUT2D eigenvalue weighted by molar-refractivity contribution is -0.136. The van der Waals surface area contributed by atoms with Crippen molar-refractivity contribution in [1.82, 2.24) is 0 Å². The van der Waals surface area contributed by atoms with Gasteiger partial charge in [-0.3, -0.25) is 0 Å². The Labute approximate surface area is 212 Å². The molecule has 4 aromatic rings. The number of nitrogens with one attached hydrogen (secondary N) is 2. The van der Waals surface area contributed by atoms with Crippen molar-refractivity contribution in [1.29, 1.82) is 0 Å². The van der Waals surface area contributed by atoms with E-state index in [4.69, 9.17) is 21.4 Å². The number of carbonyl (C=O) groups is 1. The van der Waals surface area contributed by atoms with Crippen molar-refractivity contribution in [3.63, 3.8) is 0 Å². The van der Waals surface area contributed by atoms with Crippen LogP contribution in [0.2, 0.25) is 0 Å². The van der Waals surface area contributed by atoms with Crippen LogP contribution in [0.5, 0.6) is 0 Å². The third kappa shape index (κ3) is 5.26. The monoisotopic (exact) mass is 532 g/mol. The molecule has 0 unspecified atom stereocenters. The first-order chi connectivity index (χ1) is 17.1. The molecule has 0 aliphatic heterocycles. The zero-order valence-corrected chi connectivity index (χ0v) is 20.6. The molecule has 36 heavy (non-hydrogen) atoms. The van der Waals surface area contributed by atoms with E-state index in [0.29, 0.717) is 16.6 Å². The van der Waals surface area contributed by atoms with Gasteiger partial charge in [0.05, 0.1) is 12.2 Å². The lowest BCUT2D eigenvalue weighted by atomic mass is 10.0. The van der Waals surface area contributed by atoms with Gasteiger partial charge in [-0.25, -0.2) is 9.59 Å². The standard InChI is InChI=1S/C25H19F3N2O4S2/c1-3-33-23(32)21-20(14-7-5-4-6-8-14)13(2)36-22(21)30-24(35)29-15-9-10-16-17(25(26,27)28)12-19(31)34-18(16)11-15/h4-12H,3H2,1-2H3,(H2,29,30,35). The quantitative estimate of drug-likeness (QED) is 0.166. The van der Waals surface area contributed by atoms with Gasteiger partial charge in [0.1, 0.15) is 16.1 Å². The summed E-state index contributed by atoms with van der Waals surface area (Å²) in [5.41, 5.74) is -0.265. The number of benzene rings is 2. The lowest BCUT2D eigenvalue weighted by Gasteiger charge is -2.13. The topological polar surface area (TPSA) is 80.6 Å². The van der Waals surface area contributed by atoms with Crippen molar-refractivity contribution >= 4 is 56.3 Å². The van der Waals surface area contributed by atoms with E-state index in [0.717, 1.165) is 16.0 Å². The first-order valence-corrected chi connectivity index (χ1v) is 11.9. The molecule has 0 saturated heterocycles. The Kier molecular flexibility index (Phi) is 7.14. The van der Waals surface area contributed by atoms with Gasteiger partial charge in [0.15, 0.2) is 5.11 Å². The summed E-state index contributed by atoms with van der Waals surface area (Å²) in [6, 6.07) is 13.6. The molecular formula is C25H19F3N2O4S2. The van der Waals surface area contributed by atoms with Crippen LogP contribution in [0.3, 0.4) is 0 Å². The van der Waals surface area contributed by atoms with Crippen molar-refractivity contribution in [2.75, 3.05) is 17.2 Å². The van der Waals surface area contributed by atoms with Gasteiger partial charge in [-0.1, -0.05) is 30.3 Å². The zero-order chi connectivity index (χ0) is 26.0. The summed E-state index contributed by atoms with van der Waals surface area (Å²) < 4.78 is 50.1. The number of halogens is 3. The van der Waals surface area contributed by atoms with E-state index in [9.17, 15) is 22.8 Å². The third-order valence-electron chi connectivity index (χ3n) is 5.16. The molecule has 0 aliphatic rings. The van der Waals surface area contributed by atoms with Crippen molar-refractivity contribution < 1.29 is 27.1 Å². The molecule has 6 nitrogen and oxygen atoms in total. The number of thiocarbonyl (C=S) groups is 1. The second kappa shape index (κ2) is 10.1. The predicted octanol–water partition coefficient (Wildman–Crippen LogP) is 6.83. The second-order valence-electron chi connectivity index (χ2n) is 7.59. The van der Waals surface area contributed by atoms with Crippen molar-refractivity contribution in [3.05, 3.63) is 81.0 Å². The fourth-order valence-electron chi connectivity index (χ4n) is 3.72. The minimum absolute atomic E-state index is 0.0788. The molecule has 0 spiro atoms. The van der Waals surface area contributed by atoms with Crippen molar-refractivity contribution in [2.45, 2.75) is 20.0 Å². The van der Waals surface area contributed by atoms with Crippen LogP contribution >= 0.6 is 23.6 Å². The molecule has 0 aliphatic carbocycles. The van der Waals surface area contributed by atoms with Crippen LogP contribution in [0.25, 0.3) is 22.1 Å². The smallest absolute Gasteiger partial charge is 0.417 e. The second-order valence-corrected chi connectivity index (χ2v) is 9.22. The van der Waals surface area contributed by atoms with Gasteiger partial charge < -0.3 is 19.8 Å². The fourth-order valence-corrected chi connectivity index (χ4v) is 5.08. The van der Waals surface area contributed by atoms with Crippen LogP contribution < -0.4 is 16.3 Å². The molecule has 186 valence electrons. The first kappa shape index (κ1) is 25.4. The van der Waals surface area contributed by atoms with Crippen LogP contribution in [0.1, 0.15) is 27.7 Å². The van der Waals surface area contributed by atoms with E-state index in [1.54, 1.807) is 6.92 Å². The minimum Gasteiger partial charge on any atom is -0.462 e. The number of esters is 1. The number of thiophene rings is 1. The Morgan fingerprint density at radius 2 is 1.83 bits per heavy atom. The maximum Gasteiger partial charge on any atom is 0.417 e. The molecule has 0 saturated carbocycles. The zero-order valence-electron chi connectivity index (χ0n) is 19.0. The number of rotatable bonds is 5. The highest BCUT2D eigenvalue weighted by molar-refractivity contribution is 7.80. The predicted molar refractivity (Wildman–Crippen MR) is 138 cm³/mol. The van der Waals surface area contributed by atoms with Crippen LogP contribution in [-0.4, -0.2) is 17.7 Å². The highest BCUT2D eigenvalue weighted by Crippen LogP contribution is 2.40. The van der Waals surface area contributed by atoms with E-state index in [2.05, 4.69) is 10.6 Å². The first-order valence-electron chi connectivity index (χ1n) is 10.7. The molecule has 0 radical (unpaired) electrons. The normalized spacial score (nSPS) is 11.4. The highest BCUT2D eigenvalue weighted by Gasteiger charge is 2.34. The lowest BCUT2D eigenvalue weighted by Crippen LogP contribution is -2.20. The van der Waals surface area contributed by atoms with Crippen molar-refractivity contribution in [3.8, 4) is 11.1 Å². The van der Waals surface area contributed by atoms with Crippen LogP contribution in [-0.2, 0) is 10.9 Å². The molecule has 2 N–H and O–H groups in total. The van der Waals surface area contributed by atoms with E-state index in [1.807, 2.05) is 37.3 Å². The van der Waals surface area contributed by atoms with Gasteiger partial charge in [0, 0.05) is 33.6 Å². The molecule has 2 heterocycles. The molecular weight excluding hydrogens is 513 g/mol. The number of anilines is 2. The largest absolute Gasteiger partial charge is 0.462 e. The van der Waals surface area contributed by atoms with Gasteiger partial charge in [0.25, 0.3) is 0 Å². The minimum atomic E-state index is -4.71. The molecule has 2 aromatic carbocycles. The van der Waals surface area contributed by atoms with Crippen LogP contribution in [0, 0.1) is 6.92 Å². The Morgan fingerprint density at radius 3 is 2.50 bits per heavy atom. The summed E-state index contributed by atoms with van der Waals surface area (Å²) in [7, 11) is 0. The SMILES string of the molecule is CCOC(=O)c1c(NC(=S)Nc2ccc3c(C(F)(F)F)cc(=O)oc3c2)sc(C)c1-c1ccccc1. The molecule has 0 atom stereocenters. The third-order valence-corrected chi connectivity index (χ3v) is 6.39. The number of aryl methyl sites for hydroxylation is 1. The number of ether oxygens (including phenoxy) is 1. The van der Waals surface area contributed by atoms with E-state index in [1.165, 1.54) is 29.5 Å². The van der Waals surface area contributed by atoms with E-state index < -0.39 is 23.3 Å². The molecule has 0 fully saturated rings. The van der Waals surface area contributed by atoms with Crippen molar-refractivity contribution in [2.24, 2.45) is 0 Å². The number of alkyl halides is 3. The Hall–Kier alpha value is -3.70. The Balaban J connectivity index is 1.65. The summed E-state index contributed by atoms with van der Waals surface area (Å²) >= 11 is 6.71. The Morgan fingerprint density at radius 1 is 1.11 bits per heavy atom. The van der Waals surface area contributed by atoms with E-state index in [-0.39, 0.29) is 28.4 Å². The summed E-state index contributed by atoms with van der Waals surface area (Å²) in [5.74, 6) is -0.516. The summed E-state index contributed by atoms with van der Waals surface area (Å²) in [5, 5.41) is 6.13. The van der Waals surface area contributed by atoms with Gasteiger partial charge >= 0.3 is 17.8 Å². The van der Waals surface area contributed by atoms with Gasteiger partial charge in [-0.2, -0.15) is 13.2 Å². The fraction of sp³-hybridized carbons (Fsp3) is 0.160. The van der Waals surface area contributed by atoms with E-state index >= 15 is 0 Å². The van der Waals surface area contributed by atoms with Gasteiger partial charge in [-0.15, -0.1) is 11.3 Å². The molecule has 4 rings (SSSR count). The summed E-state index contributed by atoms with van der Waals surface area (Å²) in [6.45, 7) is 3.77. The number of hydrogen-bond donors (Lipinski definition) is 2.